The molecule has 0 aliphatic rings. The first-order valence-electron chi connectivity index (χ1n) is 6.88. The molecule has 0 aromatic heterocycles. The number of nitrogens with one attached hydrogen (secondary N) is 2. The molecule has 1 atom stereocenters. The molecule has 0 saturated carbocycles. The van der Waals surface area contributed by atoms with E-state index in [1.54, 1.807) is 0 Å². The Morgan fingerprint density at radius 2 is 1.71 bits per heavy atom. The van der Waals surface area contributed by atoms with Crippen molar-refractivity contribution >= 4 is 29.4 Å². The number of anilines is 1. The lowest BCUT2D eigenvalue weighted by molar-refractivity contribution is -0.136. The van der Waals surface area contributed by atoms with E-state index >= 15 is 0 Å². The Kier molecular flexibility index (Phi) is 6.87. The number of esters is 2. The summed E-state index contributed by atoms with van der Waals surface area (Å²) in [7, 11) is 2.33. The van der Waals surface area contributed by atoms with E-state index < -0.39 is 29.9 Å². The maximum atomic E-state index is 11.9. The molecule has 0 saturated heterocycles. The topological polar surface area (TPSA) is 131 Å². The van der Waals surface area contributed by atoms with Gasteiger partial charge in [-0.15, -0.1) is 0 Å². The lowest BCUT2D eigenvalue weighted by Crippen LogP contribution is -2.39. The minimum atomic E-state index is -1.07. The van der Waals surface area contributed by atoms with Gasteiger partial charge in [0.05, 0.1) is 37.1 Å². The van der Waals surface area contributed by atoms with Crippen molar-refractivity contribution in [3.05, 3.63) is 29.3 Å². The highest BCUT2D eigenvalue weighted by Gasteiger charge is 2.20. The second-order valence-corrected chi connectivity index (χ2v) is 4.76. The van der Waals surface area contributed by atoms with Gasteiger partial charge < -0.3 is 25.2 Å². The van der Waals surface area contributed by atoms with Crippen LogP contribution in [0.5, 0.6) is 0 Å². The van der Waals surface area contributed by atoms with Gasteiger partial charge in [-0.05, 0) is 25.1 Å². The van der Waals surface area contributed by atoms with Crippen molar-refractivity contribution in [3.63, 3.8) is 0 Å². The standard InChI is InChI=1S/C15H18N2O7/c1-8(18)7-16-12(19)13(20)17-11-6-9(14(21)23-2)4-5-10(11)15(22)24-3/h4-6,8,18H,7H2,1-3H3,(H,16,19)(H,17,20). The number of carbonyl (C=O) groups excluding carboxylic acids is 4. The average molecular weight is 338 g/mol. The second kappa shape index (κ2) is 8.63. The molecule has 1 rings (SSSR count). The zero-order valence-corrected chi connectivity index (χ0v) is 13.4. The summed E-state index contributed by atoms with van der Waals surface area (Å²) < 4.78 is 9.14. The Morgan fingerprint density at radius 3 is 2.25 bits per heavy atom. The minimum Gasteiger partial charge on any atom is -0.465 e. The summed E-state index contributed by atoms with van der Waals surface area (Å²) >= 11 is 0. The summed E-state index contributed by atoms with van der Waals surface area (Å²) in [6, 6.07) is 3.78. The first-order valence-corrected chi connectivity index (χ1v) is 6.88. The Hall–Kier alpha value is -2.94. The van der Waals surface area contributed by atoms with Gasteiger partial charge in [0.1, 0.15) is 0 Å². The highest BCUT2D eigenvalue weighted by Crippen LogP contribution is 2.19. The third kappa shape index (κ3) is 5.06. The van der Waals surface area contributed by atoms with Crippen LogP contribution in [-0.2, 0) is 19.1 Å². The van der Waals surface area contributed by atoms with Gasteiger partial charge >= 0.3 is 23.8 Å². The van der Waals surface area contributed by atoms with Crippen molar-refractivity contribution < 1.29 is 33.8 Å². The van der Waals surface area contributed by atoms with Crippen molar-refractivity contribution in [1.82, 2.24) is 5.32 Å². The molecule has 1 aromatic rings. The molecular weight excluding hydrogens is 320 g/mol. The second-order valence-electron chi connectivity index (χ2n) is 4.76. The van der Waals surface area contributed by atoms with Crippen molar-refractivity contribution in [3.8, 4) is 0 Å². The Labute approximate surface area is 137 Å². The number of hydrogen-bond donors (Lipinski definition) is 3. The zero-order chi connectivity index (χ0) is 18.3. The van der Waals surface area contributed by atoms with Gasteiger partial charge in [-0.1, -0.05) is 0 Å². The van der Waals surface area contributed by atoms with E-state index in [4.69, 9.17) is 5.11 Å². The van der Waals surface area contributed by atoms with Crippen LogP contribution in [-0.4, -0.2) is 55.7 Å². The average Bonchev–Trinajstić information content (AvgIpc) is 2.57. The number of aliphatic hydroxyl groups excluding tert-OH is 1. The summed E-state index contributed by atoms with van der Waals surface area (Å²) in [5.41, 5.74) is -0.0476. The molecule has 24 heavy (non-hydrogen) atoms. The molecule has 0 aliphatic heterocycles. The van der Waals surface area contributed by atoms with Gasteiger partial charge in [0.15, 0.2) is 0 Å². The molecule has 2 amide bonds. The number of benzene rings is 1. The van der Waals surface area contributed by atoms with E-state index in [0.717, 1.165) is 7.11 Å². The van der Waals surface area contributed by atoms with E-state index in [-0.39, 0.29) is 23.4 Å². The van der Waals surface area contributed by atoms with E-state index in [9.17, 15) is 19.2 Å². The molecule has 0 heterocycles. The van der Waals surface area contributed by atoms with Crippen molar-refractivity contribution in [2.45, 2.75) is 13.0 Å². The van der Waals surface area contributed by atoms with Crippen LogP contribution < -0.4 is 10.6 Å². The molecule has 1 unspecified atom stereocenters. The van der Waals surface area contributed by atoms with Crippen molar-refractivity contribution in [1.29, 1.82) is 0 Å². The Balaban J connectivity index is 3.05. The van der Waals surface area contributed by atoms with E-state index in [1.165, 1.54) is 32.2 Å². The van der Waals surface area contributed by atoms with Gasteiger partial charge in [0.25, 0.3) is 0 Å². The zero-order valence-electron chi connectivity index (χ0n) is 13.4. The molecule has 0 fully saturated rings. The number of carbonyl (C=O) groups is 4. The van der Waals surface area contributed by atoms with Gasteiger partial charge in [-0.2, -0.15) is 0 Å². The maximum Gasteiger partial charge on any atom is 0.339 e. The predicted molar refractivity (Wildman–Crippen MR) is 82.4 cm³/mol. The summed E-state index contributed by atoms with van der Waals surface area (Å²) in [6.07, 6.45) is -0.824. The quantitative estimate of drug-likeness (QED) is 0.496. The monoisotopic (exact) mass is 338 g/mol. The SMILES string of the molecule is COC(=O)c1ccc(C(=O)OC)c(NC(=O)C(=O)NCC(C)O)c1. The van der Waals surface area contributed by atoms with Crippen LogP contribution in [0.15, 0.2) is 18.2 Å². The van der Waals surface area contributed by atoms with Gasteiger partial charge in [0, 0.05) is 6.54 Å². The molecular formula is C15H18N2O7. The molecule has 0 aliphatic carbocycles. The molecule has 0 radical (unpaired) electrons. The first-order chi connectivity index (χ1) is 11.3. The van der Waals surface area contributed by atoms with Crippen LogP contribution in [0.1, 0.15) is 27.6 Å². The van der Waals surface area contributed by atoms with E-state index in [2.05, 4.69) is 20.1 Å². The lowest BCUT2D eigenvalue weighted by atomic mass is 10.1. The number of aliphatic hydroxyl groups is 1. The van der Waals surface area contributed by atoms with Gasteiger partial charge in [-0.3, -0.25) is 9.59 Å². The smallest absolute Gasteiger partial charge is 0.339 e. The number of rotatable bonds is 5. The number of amides is 2. The Bertz CT molecular complexity index is 655. The van der Waals surface area contributed by atoms with Crippen LogP contribution >= 0.6 is 0 Å². The lowest BCUT2D eigenvalue weighted by Gasteiger charge is -2.12. The summed E-state index contributed by atoms with van der Waals surface area (Å²) in [5.74, 6) is -3.51. The largest absolute Gasteiger partial charge is 0.465 e. The fraction of sp³-hybridized carbons (Fsp3) is 0.333. The minimum absolute atomic E-state index is 0.0400. The molecule has 0 spiro atoms. The first kappa shape index (κ1) is 19.1. The van der Waals surface area contributed by atoms with Crippen LogP contribution in [0.4, 0.5) is 5.69 Å². The fourth-order valence-electron chi connectivity index (χ4n) is 1.68. The van der Waals surface area contributed by atoms with Crippen LogP contribution in [0.3, 0.4) is 0 Å². The normalized spacial score (nSPS) is 11.2. The third-order valence-electron chi connectivity index (χ3n) is 2.86. The summed E-state index contributed by atoms with van der Waals surface area (Å²) in [6.45, 7) is 1.33. The van der Waals surface area contributed by atoms with E-state index in [0.29, 0.717) is 0 Å². The van der Waals surface area contributed by atoms with Gasteiger partial charge in [0.2, 0.25) is 0 Å². The molecule has 0 bridgehead atoms. The fourth-order valence-corrected chi connectivity index (χ4v) is 1.68. The molecule has 1 aromatic carbocycles. The maximum absolute atomic E-state index is 11.9. The Morgan fingerprint density at radius 1 is 1.08 bits per heavy atom. The number of methoxy groups -OCH3 is 2. The predicted octanol–water partition coefficient (Wildman–Crippen LogP) is -0.305. The number of hydrogen-bond acceptors (Lipinski definition) is 7. The van der Waals surface area contributed by atoms with Crippen LogP contribution in [0.2, 0.25) is 0 Å². The van der Waals surface area contributed by atoms with Crippen LogP contribution in [0, 0.1) is 0 Å². The van der Waals surface area contributed by atoms with E-state index in [1.807, 2.05) is 0 Å². The highest BCUT2D eigenvalue weighted by molar-refractivity contribution is 6.40. The molecule has 130 valence electrons. The van der Waals surface area contributed by atoms with Crippen molar-refractivity contribution in [2.75, 3.05) is 26.1 Å². The third-order valence-corrected chi connectivity index (χ3v) is 2.86. The van der Waals surface area contributed by atoms with Gasteiger partial charge in [-0.25, -0.2) is 9.59 Å². The number of ether oxygens (including phenoxy) is 2. The molecule has 3 N–H and O–H groups in total. The molecule has 9 nitrogen and oxygen atoms in total. The summed E-state index contributed by atoms with van der Waals surface area (Å²) in [5, 5.41) is 13.5. The highest BCUT2D eigenvalue weighted by atomic mass is 16.5. The molecule has 9 heteroatoms. The van der Waals surface area contributed by atoms with Crippen LogP contribution in [0.25, 0.3) is 0 Å². The summed E-state index contributed by atoms with van der Waals surface area (Å²) in [4.78, 5) is 46.8. The van der Waals surface area contributed by atoms with Crippen molar-refractivity contribution in [2.24, 2.45) is 0 Å².